The van der Waals surface area contributed by atoms with Gasteiger partial charge in [0, 0.05) is 45.5 Å². The number of hydrogen-bond acceptors (Lipinski definition) is 5. The standard InChI is InChI=1S/C18H28N4O3/c1-25-11-7-15-6-2-3-10-21(15)18(24)14-22-17(23)12-16(13-19-22)20-8-4-5-9-20/h12-13,15H,2-11,14H2,1H3. The van der Waals surface area contributed by atoms with Crippen LogP contribution in [0.3, 0.4) is 0 Å². The number of anilines is 1. The Hall–Kier alpha value is -1.89. The van der Waals surface area contributed by atoms with Gasteiger partial charge < -0.3 is 14.5 Å². The lowest BCUT2D eigenvalue weighted by Gasteiger charge is -2.35. The first-order valence-corrected chi connectivity index (χ1v) is 9.29. The lowest BCUT2D eigenvalue weighted by Crippen LogP contribution is -2.46. The molecule has 2 fully saturated rings. The van der Waals surface area contributed by atoms with Crippen LogP contribution in [0.5, 0.6) is 0 Å². The van der Waals surface area contributed by atoms with Crippen molar-refractivity contribution in [2.24, 2.45) is 0 Å². The van der Waals surface area contributed by atoms with E-state index in [0.717, 1.165) is 63.8 Å². The molecule has 3 rings (SSSR count). The van der Waals surface area contributed by atoms with Crippen LogP contribution < -0.4 is 10.5 Å². The summed E-state index contributed by atoms with van der Waals surface area (Å²) in [4.78, 5) is 29.1. The normalized spacial score (nSPS) is 20.9. The summed E-state index contributed by atoms with van der Waals surface area (Å²) in [5.41, 5.74) is 0.658. The largest absolute Gasteiger partial charge is 0.385 e. The van der Waals surface area contributed by atoms with Gasteiger partial charge in [-0.3, -0.25) is 9.59 Å². The molecule has 138 valence electrons. The zero-order valence-corrected chi connectivity index (χ0v) is 15.0. The summed E-state index contributed by atoms with van der Waals surface area (Å²) in [6.07, 6.45) is 8.02. The van der Waals surface area contributed by atoms with Crippen LogP contribution in [-0.4, -0.2) is 60.0 Å². The molecule has 7 nitrogen and oxygen atoms in total. The number of methoxy groups -OCH3 is 1. The monoisotopic (exact) mass is 348 g/mol. The minimum atomic E-state index is -0.205. The molecule has 3 heterocycles. The number of hydrogen-bond donors (Lipinski definition) is 0. The highest BCUT2D eigenvalue weighted by molar-refractivity contribution is 5.76. The molecule has 0 aliphatic carbocycles. The van der Waals surface area contributed by atoms with E-state index in [0.29, 0.717) is 6.61 Å². The molecule has 0 spiro atoms. The molecule has 1 atom stereocenters. The van der Waals surface area contributed by atoms with Gasteiger partial charge in [0.05, 0.1) is 11.9 Å². The highest BCUT2D eigenvalue weighted by Gasteiger charge is 2.27. The van der Waals surface area contributed by atoms with E-state index >= 15 is 0 Å². The first-order valence-electron chi connectivity index (χ1n) is 9.29. The number of nitrogens with zero attached hydrogens (tertiary/aromatic N) is 4. The molecular weight excluding hydrogens is 320 g/mol. The minimum absolute atomic E-state index is 0.0165. The molecule has 2 aliphatic heterocycles. The summed E-state index contributed by atoms with van der Waals surface area (Å²) in [6, 6.07) is 1.81. The molecule has 0 N–H and O–H groups in total. The Morgan fingerprint density at radius 2 is 2.00 bits per heavy atom. The van der Waals surface area contributed by atoms with Gasteiger partial charge in [-0.05, 0) is 38.5 Å². The van der Waals surface area contributed by atoms with Gasteiger partial charge >= 0.3 is 0 Å². The smallest absolute Gasteiger partial charge is 0.269 e. The zero-order valence-electron chi connectivity index (χ0n) is 15.0. The van der Waals surface area contributed by atoms with E-state index < -0.39 is 0 Å². The SMILES string of the molecule is COCCC1CCCCN1C(=O)Cn1ncc(N2CCCC2)cc1=O. The predicted molar refractivity (Wildman–Crippen MR) is 95.8 cm³/mol. The van der Waals surface area contributed by atoms with Crippen molar-refractivity contribution >= 4 is 11.6 Å². The van der Waals surface area contributed by atoms with Gasteiger partial charge in [-0.1, -0.05) is 0 Å². The van der Waals surface area contributed by atoms with Crippen molar-refractivity contribution in [3.8, 4) is 0 Å². The molecule has 2 saturated heterocycles. The average molecular weight is 348 g/mol. The van der Waals surface area contributed by atoms with Crippen LogP contribution in [0.4, 0.5) is 5.69 Å². The minimum Gasteiger partial charge on any atom is -0.385 e. The van der Waals surface area contributed by atoms with E-state index in [2.05, 4.69) is 10.00 Å². The van der Waals surface area contributed by atoms with Crippen LogP contribution in [0, 0.1) is 0 Å². The summed E-state index contributed by atoms with van der Waals surface area (Å²) in [7, 11) is 1.68. The molecule has 1 aromatic rings. The van der Waals surface area contributed by atoms with E-state index in [4.69, 9.17) is 4.74 Å². The molecule has 1 unspecified atom stereocenters. The molecule has 1 amide bonds. The van der Waals surface area contributed by atoms with E-state index in [1.54, 1.807) is 19.4 Å². The number of carbonyl (C=O) groups is 1. The Balaban J connectivity index is 1.66. The predicted octanol–water partition coefficient (Wildman–Crippen LogP) is 1.26. The summed E-state index contributed by atoms with van der Waals surface area (Å²) < 4.78 is 6.44. The second kappa shape index (κ2) is 8.47. The summed E-state index contributed by atoms with van der Waals surface area (Å²) in [5.74, 6) is -0.0238. The van der Waals surface area contributed by atoms with Crippen LogP contribution >= 0.6 is 0 Å². The Morgan fingerprint density at radius 1 is 1.24 bits per heavy atom. The third-order valence-electron chi connectivity index (χ3n) is 5.21. The van der Waals surface area contributed by atoms with E-state index in [9.17, 15) is 9.59 Å². The molecule has 2 aliphatic rings. The molecule has 0 saturated carbocycles. The maximum absolute atomic E-state index is 12.7. The van der Waals surface area contributed by atoms with Crippen molar-refractivity contribution in [1.29, 1.82) is 0 Å². The van der Waals surface area contributed by atoms with Gasteiger partial charge in [0.2, 0.25) is 5.91 Å². The van der Waals surface area contributed by atoms with Crippen molar-refractivity contribution in [3.05, 3.63) is 22.6 Å². The van der Waals surface area contributed by atoms with Crippen LogP contribution in [0.15, 0.2) is 17.1 Å². The Labute approximate surface area is 148 Å². The van der Waals surface area contributed by atoms with Gasteiger partial charge in [0.15, 0.2) is 0 Å². The number of rotatable bonds is 6. The topological polar surface area (TPSA) is 67.7 Å². The van der Waals surface area contributed by atoms with E-state index in [1.807, 2.05) is 4.90 Å². The Kier molecular flexibility index (Phi) is 6.07. The maximum Gasteiger partial charge on any atom is 0.269 e. The van der Waals surface area contributed by atoms with Crippen molar-refractivity contribution in [2.45, 2.75) is 51.1 Å². The molecule has 0 bridgehead atoms. The second-order valence-corrected chi connectivity index (χ2v) is 6.92. The van der Waals surface area contributed by atoms with Crippen LogP contribution in [0.25, 0.3) is 0 Å². The summed E-state index contributed by atoms with van der Waals surface area (Å²) >= 11 is 0. The van der Waals surface area contributed by atoms with Gasteiger partial charge in [-0.25, -0.2) is 4.68 Å². The van der Waals surface area contributed by atoms with Crippen LogP contribution in [0.2, 0.25) is 0 Å². The Bertz CT molecular complexity index is 639. The number of likely N-dealkylation sites (tertiary alicyclic amines) is 1. The fourth-order valence-corrected chi connectivity index (χ4v) is 3.79. The number of aromatic nitrogens is 2. The highest BCUT2D eigenvalue weighted by Crippen LogP contribution is 2.20. The number of carbonyl (C=O) groups excluding carboxylic acids is 1. The fraction of sp³-hybridized carbons (Fsp3) is 0.722. The average Bonchev–Trinajstić information content (AvgIpc) is 3.16. The molecule has 7 heteroatoms. The molecule has 1 aromatic heterocycles. The lowest BCUT2D eigenvalue weighted by atomic mass is 9.99. The quantitative estimate of drug-likeness (QED) is 0.774. The fourth-order valence-electron chi connectivity index (χ4n) is 3.79. The van der Waals surface area contributed by atoms with Crippen molar-refractivity contribution in [3.63, 3.8) is 0 Å². The van der Waals surface area contributed by atoms with Gasteiger partial charge in [0.1, 0.15) is 6.54 Å². The highest BCUT2D eigenvalue weighted by atomic mass is 16.5. The van der Waals surface area contributed by atoms with Crippen molar-refractivity contribution in [2.75, 3.05) is 38.3 Å². The summed E-state index contributed by atoms with van der Waals surface area (Å²) in [5, 5.41) is 4.24. The number of piperidine rings is 1. The van der Waals surface area contributed by atoms with Gasteiger partial charge in [-0.2, -0.15) is 5.10 Å². The van der Waals surface area contributed by atoms with Crippen LogP contribution in [0.1, 0.15) is 38.5 Å². The van der Waals surface area contributed by atoms with E-state index in [1.165, 1.54) is 4.68 Å². The third-order valence-corrected chi connectivity index (χ3v) is 5.21. The first kappa shape index (κ1) is 17.9. The van der Waals surface area contributed by atoms with E-state index in [-0.39, 0.29) is 24.1 Å². The number of amides is 1. The maximum atomic E-state index is 12.7. The molecule has 0 radical (unpaired) electrons. The Morgan fingerprint density at radius 3 is 2.72 bits per heavy atom. The molecule has 25 heavy (non-hydrogen) atoms. The molecular formula is C18H28N4O3. The van der Waals surface area contributed by atoms with Crippen LogP contribution in [-0.2, 0) is 16.1 Å². The third kappa shape index (κ3) is 4.39. The van der Waals surface area contributed by atoms with Crippen molar-refractivity contribution < 1.29 is 9.53 Å². The van der Waals surface area contributed by atoms with Gasteiger partial charge in [0.25, 0.3) is 5.56 Å². The lowest BCUT2D eigenvalue weighted by molar-refractivity contribution is -0.136. The second-order valence-electron chi connectivity index (χ2n) is 6.92. The van der Waals surface area contributed by atoms with Crippen molar-refractivity contribution in [1.82, 2.24) is 14.7 Å². The summed E-state index contributed by atoms with van der Waals surface area (Å²) in [6.45, 7) is 3.37. The first-order chi connectivity index (χ1) is 12.2. The molecule has 0 aromatic carbocycles. The van der Waals surface area contributed by atoms with Gasteiger partial charge in [-0.15, -0.1) is 0 Å². The zero-order chi connectivity index (χ0) is 17.6. The number of ether oxygens (including phenoxy) is 1.